The van der Waals surface area contributed by atoms with E-state index in [1.54, 1.807) is 27.7 Å². The van der Waals surface area contributed by atoms with Crippen molar-refractivity contribution in [2.75, 3.05) is 26.3 Å². The number of nitrogens with two attached hydrogens (primary N) is 2. The number of hydrogen-bond donors (Lipinski definition) is 2. The van der Waals surface area contributed by atoms with E-state index in [4.69, 9.17) is 16.2 Å². The smallest absolute Gasteiger partial charge is 0.550 e. The molecule has 4 N–H and O–H groups in total. The summed E-state index contributed by atoms with van der Waals surface area (Å²) in [6.07, 6.45) is 5.45. The van der Waals surface area contributed by atoms with Crippen LogP contribution in [0, 0.1) is 5.41 Å². The molecule has 0 saturated carbocycles. The van der Waals surface area contributed by atoms with E-state index in [1.807, 2.05) is 0 Å². The van der Waals surface area contributed by atoms with Crippen LogP contribution in [0.4, 0.5) is 0 Å². The fourth-order valence-corrected chi connectivity index (χ4v) is 2.11. The summed E-state index contributed by atoms with van der Waals surface area (Å²) in [5, 5.41) is 38.0. The second-order valence-corrected chi connectivity index (χ2v) is 7.51. The molecule has 1 rings (SSSR count). The van der Waals surface area contributed by atoms with Gasteiger partial charge in [-0.2, -0.15) is 0 Å². The maximum atomic E-state index is 9.49. The van der Waals surface area contributed by atoms with Crippen molar-refractivity contribution in [1.29, 1.82) is 0 Å². The Bertz CT molecular complexity index is 445. The number of carboxylic acid groups (broad SMARTS) is 4. The fraction of sp³-hybridized carbons (Fsp3) is 0.826. The minimum atomic E-state index is -0.961. The molecule has 1 aliphatic heterocycles. The molecule has 0 bridgehead atoms. The summed E-state index contributed by atoms with van der Waals surface area (Å²) in [4.78, 5) is 38.0. The normalized spacial score (nSPS) is 12.6. The molecule has 0 amide bonds. The average Bonchev–Trinajstić information content (AvgIpc) is 2.75. The molecule has 35 heavy (non-hydrogen) atoms. The third kappa shape index (κ3) is 43.0. The number of carbonyl (C=O) groups is 4. The molecular weight excluding hydrogens is 643 g/mol. The van der Waals surface area contributed by atoms with Crippen LogP contribution in [0.1, 0.15) is 91.9 Å². The third-order valence-electron chi connectivity index (χ3n) is 4.24. The predicted molar refractivity (Wildman–Crippen MR) is 120 cm³/mol. The molecule has 1 fully saturated rings. The van der Waals surface area contributed by atoms with Crippen LogP contribution in [0.15, 0.2) is 0 Å². The van der Waals surface area contributed by atoms with Gasteiger partial charge >= 0.3 is 21.1 Å². The Morgan fingerprint density at radius 1 is 0.629 bits per heavy atom. The van der Waals surface area contributed by atoms with Gasteiger partial charge in [0.05, 0.1) is 0 Å². The van der Waals surface area contributed by atoms with Crippen LogP contribution >= 0.6 is 0 Å². The van der Waals surface area contributed by atoms with Gasteiger partial charge in [-0.1, -0.05) is 53.4 Å². The van der Waals surface area contributed by atoms with E-state index in [0.717, 1.165) is 26.1 Å². The minimum Gasteiger partial charge on any atom is -0.550 e. The zero-order valence-corrected chi connectivity index (χ0v) is 23.8. The van der Waals surface area contributed by atoms with Gasteiger partial charge < -0.3 is 55.8 Å². The number of carbonyl (C=O) groups excluding carboxylic acids is 4. The van der Waals surface area contributed by atoms with Crippen LogP contribution in [0.25, 0.3) is 0 Å². The summed E-state index contributed by atoms with van der Waals surface area (Å²) < 4.78 is 5.22. The zero-order valence-electron chi connectivity index (χ0n) is 21.5. The van der Waals surface area contributed by atoms with Crippen molar-refractivity contribution in [3.63, 3.8) is 0 Å². The summed E-state index contributed by atoms with van der Waals surface area (Å²) >= 11 is 0. The molecule has 0 atom stereocenters. The molecule has 1 heterocycles. The van der Waals surface area contributed by atoms with Crippen molar-refractivity contribution >= 4 is 23.9 Å². The van der Waals surface area contributed by atoms with E-state index in [0.29, 0.717) is 38.8 Å². The Morgan fingerprint density at radius 3 is 0.943 bits per heavy atom. The summed E-state index contributed by atoms with van der Waals surface area (Å²) in [5.74, 6) is -3.84. The zero-order chi connectivity index (χ0) is 27.4. The first-order valence-electron chi connectivity index (χ1n) is 11.7. The maximum absolute atomic E-state index is 9.49. The Morgan fingerprint density at radius 2 is 0.857 bits per heavy atom. The third-order valence-corrected chi connectivity index (χ3v) is 4.24. The van der Waals surface area contributed by atoms with Gasteiger partial charge in [-0.3, -0.25) is 0 Å². The summed E-state index contributed by atoms with van der Waals surface area (Å²) in [6.45, 7) is 10.3. The van der Waals surface area contributed by atoms with Gasteiger partial charge in [0.25, 0.3) is 0 Å². The van der Waals surface area contributed by atoms with Crippen LogP contribution in [0.5, 0.6) is 0 Å². The Balaban J connectivity index is -0.000000109. The van der Waals surface area contributed by atoms with Crippen molar-refractivity contribution in [1.82, 2.24) is 0 Å². The van der Waals surface area contributed by atoms with E-state index in [9.17, 15) is 39.6 Å². The van der Waals surface area contributed by atoms with Crippen LogP contribution in [-0.4, -0.2) is 50.2 Å². The fourth-order valence-electron chi connectivity index (χ4n) is 2.11. The number of aliphatic carboxylic acids is 4. The predicted octanol–water partition coefficient (Wildman–Crippen LogP) is -2.16. The van der Waals surface area contributed by atoms with Crippen LogP contribution in [0.2, 0.25) is 0 Å². The second-order valence-electron chi connectivity index (χ2n) is 7.51. The molecule has 0 aromatic rings. The summed E-state index contributed by atoms with van der Waals surface area (Å²) in [5.41, 5.74) is 11.4. The average molecular weight is 688 g/mol. The number of hydrogen-bond acceptors (Lipinski definition) is 11. The molecule has 12 heteroatoms. The SMILES string of the molecule is CCCC(=O)[O-].CCCC(=O)[O-].CCCC(=O)[O-].CCCC(=O)[O-].NCC1(CN)CCOCC1.[Pt+4]. The molecule has 0 spiro atoms. The van der Waals surface area contributed by atoms with E-state index in [-0.39, 0.29) is 52.2 Å². The maximum Gasteiger partial charge on any atom is 4.00 e. The van der Waals surface area contributed by atoms with E-state index < -0.39 is 23.9 Å². The standard InChI is InChI=1S/C7H16N2O.4C4H8O2.Pt/c8-5-7(6-9)1-3-10-4-2-7;4*1-2-3-4(5)6;/h1-6,8-9H2;4*2-3H2,1H3,(H,5,6);/q;;;;;+4/p-4. The van der Waals surface area contributed by atoms with E-state index in [1.165, 1.54) is 0 Å². The quantitative estimate of drug-likeness (QED) is 0.252. The first-order chi connectivity index (χ1) is 15.9. The van der Waals surface area contributed by atoms with Crippen molar-refractivity contribution in [3.8, 4) is 0 Å². The van der Waals surface area contributed by atoms with Crippen molar-refractivity contribution in [3.05, 3.63) is 0 Å². The minimum absolute atomic E-state index is 0. The first-order valence-corrected chi connectivity index (χ1v) is 11.7. The number of rotatable bonds is 10. The molecule has 0 aliphatic carbocycles. The summed E-state index contributed by atoms with van der Waals surface area (Å²) in [6, 6.07) is 0. The van der Waals surface area contributed by atoms with Crippen molar-refractivity contribution in [2.45, 2.75) is 91.9 Å². The molecular formula is C23H44N2O9Pt. The number of ether oxygens (including phenoxy) is 1. The number of carboxylic acids is 4. The second kappa shape index (κ2) is 32.4. The Hall–Kier alpha value is -1.55. The van der Waals surface area contributed by atoms with Gasteiger partial charge in [-0.25, -0.2) is 0 Å². The molecule has 11 nitrogen and oxygen atoms in total. The Kier molecular flexibility index (Phi) is 40.3. The largest absolute Gasteiger partial charge is 4.00 e. The van der Waals surface area contributed by atoms with Gasteiger partial charge in [0, 0.05) is 37.1 Å². The van der Waals surface area contributed by atoms with Gasteiger partial charge in [0.2, 0.25) is 0 Å². The molecule has 210 valence electrons. The topological polar surface area (TPSA) is 222 Å². The van der Waals surface area contributed by atoms with Crippen molar-refractivity contribution < 1.29 is 65.4 Å². The molecule has 1 aliphatic rings. The summed E-state index contributed by atoms with van der Waals surface area (Å²) in [7, 11) is 0. The van der Waals surface area contributed by atoms with Crippen LogP contribution in [-0.2, 0) is 45.0 Å². The van der Waals surface area contributed by atoms with Gasteiger partial charge in [0.15, 0.2) is 0 Å². The van der Waals surface area contributed by atoms with E-state index >= 15 is 0 Å². The first kappa shape index (κ1) is 43.5. The van der Waals surface area contributed by atoms with Gasteiger partial charge in [-0.15, -0.1) is 0 Å². The Labute approximate surface area is 224 Å². The van der Waals surface area contributed by atoms with Gasteiger partial charge in [-0.05, 0) is 57.0 Å². The molecule has 0 radical (unpaired) electrons. The molecule has 0 aromatic heterocycles. The molecule has 0 unspecified atom stereocenters. The monoisotopic (exact) mass is 687 g/mol. The molecule has 1 saturated heterocycles. The molecule has 0 aromatic carbocycles. The van der Waals surface area contributed by atoms with Crippen molar-refractivity contribution in [2.24, 2.45) is 16.9 Å². The van der Waals surface area contributed by atoms with Crippen LogP contribution in [0.3, 0.4) is 0 Å². The van der Waals surface area contributed by atoms with Crippen LogP contribution < -0.4 is 31.9 Å². The van der Waals surface area contributed by atoms with Gasteiger partial charge in [0.1, 0.15) is 0 Å². The van der Waals surface area contributed by atoms with E-state index in [2.05, 4.69) is 0 Å².